The summed E-state index contributed by atoms with van der Waals surface area (Å²) in [5.41, 5.74) is 3.65. The van der Waals surface area contributed by atoms with Crippen LogP contribution in [0.5, 0.6) is 0 Å². The normalized spacial score (nSPS) is 18.3. The number of nitrogens with zero attached hydrogens (tertiary/aromatic N) is 2. The second-order valence-corrected chi connectivity index (χ2v) is 8.32. The summed E-state index contributed by atoms with van der Waals surface area (Å²) in [5.74, 6) is 0.708. The molecular formula is C20H27N3OS. The first-order chi connectivity index (χ1) is 12.0. The van der Waals surface area contributed by atoms with Crippen molar-refractivity contribution in [3.05, 3.63) is 46.1 Å². The number of likely N-dealkylation sites (tertiary alicyclic amines) is 1. The third-order valence-corrected chi connectivity index (χ3v) is 5.59. The molecule has 1 saturated heterocycles. The number of aryl methyl sites for hydroxylation is 2. The Morgan fingerprint density at radius 1 is 1.32 bits per heavy atom. The minimum absolute atomic E-state index is 0.00521. The van der Waals surface area contributed by atoms with E-state index >= 15 is 0 Å². The van der Waals surface area contributed by atoms with Gasteiger partial charge in [0, 0.05) is 36.3 Å². The van der Waals surface area contributed by atoms with Crippen molar-refractivity contribution in [1.82, 2.24) is 9.88 Å². The summed E-state index contributed by atoms with van der Waals surface area (Å²) < 4.78 is 0. The largest absolute Gasteiger partial charge is 0.318 e. The molecule has 4 nitrogen and oxygen atoms in total. The molecule has 0 saturated carbocycles. The quantitative estimate of drug-likeness (QED) is 0.873. The van der Waals surface area contributed by atoms with E-state index in [9.17, 15) is 4.79 Å². The topological polar surface area (TPSA) is 45.2 Å². The van der Waals surface area contributed by atoms with E-state index in [1.165, 1.54) is 23.3 Å². The van der Waals surface area contributed by atoms with Gasteiger partial charge in [-0.05, 0) is 75.4 Å². The van der Waals surface area contributed by atoms with Gasteiger partial charge in [-0.25, -0.2) is 0 Å². The van der Waals surface area contributed by atoms with Gasteiger partial charge in [-0.2, -0.15) is 0 Å². The number of rotatable bonds is 5. The molecule has 0 aromatic carbocycles. The van der Waals surface area contributed by atoms with Crippen molar-refractivity contribution < 1.29 is 4.79 Å². The molecule has 3 rings (SSSR count). The summed E-state index contributed by atoms with van der Waals surface area (Å²) in [6, 6.07) is 8.59. The van der Waals surface area contributed by atoms with Gasteiger partial charge in [0.15, 0.2) is 0 Å². The second-order valence-electron chi connectivity index (χ2n) is 7.15. The van der Waals surface area contributed by atoms with Crippen LogP contribution in [-0.4, -0.2) is 28.9 Å². The summed E-state index contributed by atoms with van der Waals surface area (Å²) in [6.07, 6.45) is 3.71. The van der Waals surface area contributed by atoms with Crippen molar-refractivity contribution in [2.24, 2.45) is 5.92 Å². The summed E-state index contributed by atoms with van der Waals surface area (Å²) in [7, 11) is 0. The van der Waals surface area contributed by atoms with Gasteiger partial charge in [0.25, 0.3) is 0 Å². The molecule has 5 heteroatoms. The lowest BCUT2D eigenvalue weighted by atomic mass is 9.91. The zero-order valence-electron chi connectivity index (χ0n) is 15.3. The molecule has 3 heterocycles. The molecule has 134 valence electrons. The molecule has 1 aliphatic heterocycles. The standard InChI is InChI=1S/C20H27N3OS/c1-14-9-18(10-15(2)21-14)11-17-5-4-8-23(12-17)13-19-6-7-20(25-19)22-16(3)24/h6-7,9-10,17H,4-5,8,11-13H2,1-3H3,(H,22,24). The summed E-state index contributed by atoms with van der Waals surface area (Å²) in [6.45, 7) is 9.00. The fraction of sp³-hybridized carbons (Fsp3) is 0.500. The number of piperidine rings is 1. The number of hydrogen-bond donors (Lipinski definition) is 1. The number of carbonyl (C=O) groups excluding carboxylic acids is 1. The summed E-state index contributed by atoms with van der Waals surface area (Å²) in [5, 5.41) is 3.81. The van der Waals surface area contributed by atoms with Gasteiger partial charge in [0.05, 0.1) is 5.00 Å². The van der Waals surface area contributed by atoms with Crippen molar-refractivity contribution >= 4 is 22.2 Å². The van der Waals surface area contributed by atoms with Crippen molar-refractivity contribution in [1.29, 1.82) is 0 Å². The third-order valence-electron chi connectivity index (χ3n) is 4.61. The maximum atomic E-state index is 11.2. The maximum absolute atomic E-state index is 11.2. The number of thiophene rings is 1. The Morgan fingerprint density at radius 2 is 2.08 bits per heavy atom. The van der Waals surface area contributed by atoms with Crippen LogP contribution in [-0.2, 0) is 17.8 Å². The minimum Gasteiger partial charge on any atom is -0.318 e. The van der Waals surface area contributed by atoms with Crippen molar-refractivity contribution in [2.45, 2.75) is 46.6 Å². The number of pyridine rings is 1. The highest BCUT2D eigenvalue weighted by Gasteiger charge is 2.21. The molecule has 1 N–H and O–H groups in total. The Hall–Kier alpha value is -1.72. The predicted octanol–water partition coefficient (Wildman–Crippen LogP) is 4.17. The van der Waals surface area contributed by atoms with Gasteiger partial charge in [0.2, 0.25) is 5.91 Å². The average Bonchev–Trinajstić information content (AvgIpc) is 2.92. The van der Waals surface area contributed by atoms with Crippen LogP contribution >= 0.6 is 11.3 Å². The Bertz CT molecular complexity index is 720. The predicted molar refractivity (Wildman–Crippen MR) is 104 cm³/mol. The lowest BCUT2D eigenvalue weighted by Crippen LogP contribution is -2.35. The number of anilines is 1. The highest BCUT2D eigenvalue weighted by atomic mass is 32.1. The van der Waals surface area contributed by atoms with Crippen LogP contribution in [0.3, 0.4) is 0 Å². The number of hydrogen-bond acceptors (Lipinski definition) is 4. The van der Waals surface area contributed by atoms with Crippen LogP contribution in [0, 0.1) is 19.8 Å². The van der Waals surface area contributed by atoms with E-state index in [0.29, 0.717) is 5.92 Å². The van der Waals surface area contributed by atoms with Crippen LogP contribution < -0.4 is 5.32 Å². The summed E-state index contributed by atoms with van der Waals surface area (Å²) in [4.78, 5) is 19.5. The second kappa shape index (κ2) is 8.11. The lowest BCUT2D eigenvalue weighted by molar-refractivity contribution is -0.114. The zero-order chi connectivity index (χ0) is 17.8. The molecule has 1 unspecified atom stereocenters. The van der Waals surface area contributed by atoms with Crippen LogP contribution in [0.4, 0.5) is 5.00 Å². The van der Waals surface area contributed by atoms with E-state index in [-0.39, 0.29) is 5.91 Å². The molecule has 25 heavy (non-hydrogen) atoms. The molecular weight excluding hydrogens is 330 g/mol. The third kappa shape index (κ3) is 5.38. The van der Waals surface area contributed by atoms with Gasteiger partial charge in [0.1, 0.15) is 0 Å². The van der Waals surface area contributed by atoms with Crippen molar-refractivity contribution in [3.8, 4) is 0 Å². The number of aromatic nitrogens is 1. The fourth-order valence-corrected chi connectivity index (χ4v) is 4.75. The average molecular weight is 358 g/mol. The SMILES string of the molecule is CC(=O)Nc1ccc(CN2CCCC(Cc3cc(C)nc(C)c3)C2)s1. The van der Waals surface area contributed by atoms with E-state index in [1.54, 1.807) is 18.3 Å². The first-order valence-electron chi connectivity index (χ1n) is 9.01. The first kappa shape index (κ1) is 18.1. The number of carbonyl (C=O) groups is 1. The van der Waals surface area contributed by atoms with E-state index in [1.807, 2.05) is 6.07 Å². The maximum Gasteiger partial charge on any atom is 0.221 e. The number of amides is 1. The Kier molecular flexibility index (Phi) is 5.86. The highest BCUT2D eigenvalue weighted by Crippen LogP contribution is 2.27. The van der Waals surface area contributed by atoms with E-state index in [2.05, 4.69) is 47.2 Å². The molecule has 0 bridgehead atoms. The molecule has 1 atom stereocenters. The van der Waals surface area contributed by atoms with Gasteiger partial charge >= 0.3 is 0 Å². The lowest BCUT2D eigenvalue weighted by Gasteiger charge is -2.32. The first-order valence-corrected chi connectivity index (χ1v) is 9.82. The van der Waals surface area contributed by atoms with Gasteiger partial charge in [-0.3, -0.25) is 14.7 Å². The van der Waals surface area contributed by atoms with Crippen LogP contribution in [0.25, 0.3) is 0 Å². The highest BCUT2D eigenvalue weighted by molar-refractivity contribution is 7.16. The molecule has 1 fully saturated rings. The van der Waals surface area contributed by atoms with Crippen molar-refractivity contribution in [3.63, 3.8) is 0 Å². The monoisotopic (exact) mass is 357 g/mol. The van der Waals surface area contributed by atoms with E-state index in [0.717, 1.165) is 42.4 Å². The Labute approximate surface area is 154 Å². The van der Waals surface area contributed by atoms with E-state index in [4.69, 9.17) is 0 Å². The molecule has 2 aromatic heterocycles. The molecule has 0 aliphatic carbocycles. The Balaban J connectivity index is 1.57. The van der Waals surface area contributed by atoms with Gasteiger partial charge in [-0.1, -0.05) is 0 Å². The number of nitrogens with one attached hydrogen (secondary N) is 1. The van der Waals surface area contributed by atoms with Crippen LogP contribution in [0.1, 0.15) is 41.6 Å². The van der Waals surface area contributed by atoms with Crippen LogP contribution in [0.15, 0.2) is 24.3 Å². The van der Waals surface area contributed by atoms with E-state index < -0.39 is 0 Å². The van der Waals surface area contributed by atoms with Crippen molar-refractivity contribution in [2.75, 3.05) is 18.4 Å². The fourth-order valence-electron chi connectivity index (χ4n) is 3.76. The minimum atomic E-state index is -0.00521. The van der Waals surface area contributed by atoms with Crippen LogP contribution in [0.2, 0.25) is 0 Å². The molecule has 0 radical (unpaired) electrons. The molecule has 1 amide bonds. The summed E-state index contributed by atoms with van der Waals surface area (Å²) >= 11 is 1.68. The van der Waals surface area contributed by atoms with Gasteiger partial charge in [-0.15, -0.1) is 11.3 Å². The molecule has 1 aliphatic rings. The molecule has 2 aromatic rings. The smallest absolute Gasteiger partial charge is 0.221 e. The Morgan fingerprint density at radius 3 is 2.80 bits per heavy atom. The zero-order valence-corrected chi connectivity index (χ0v) is 16.2. The molecule has 0 spiro atoms. The van der Waals surface area contributed by atoms with Gasteiger partial charge < -0.3 is 5.32 Å².